The van der Waals surface area contributed by atoms with Crippen LogP contribution in [0.5, 0.6) is 5.75 Å². The quantitative estimate of drug-likeness (QED) is 0.366. The van der Waals surface area contributed by atoms with Crippen molar-refractivity contribution in [3.05, 3.63) is 81.8 Å². The smallest absolute Gasteiger partial charge is 0.265 e. The van der Waals surface area contributed by atoms with Crippen LogP contribution in [0.2, 0.25) is 10.0 Å². The number of carbonyl (C=O) groups excluding carboxylic acids is 3. The lowest BCUT2D eigenvalue weighted by Crippen LogP contribution is -2.46. The minimum atomic E-state index is -0.335. The van der Waals surface area contributed by atoms with Crippen molar-refractivity contribution < 1.29 is 23.9 Å². The largest absolute Gasteiger partial charge is 0.482 e. The maximum Gasteiger partial charge on any atom is 0.265 e. The number of carbonyl (C=O) groups is 3. The molecule has 9 nitrogen and oxygen atoms in total. The van der Waals surface area contributed by atoms with E-state index in [4.69, 9.17) is 32.7 Å². The number of ether oxygens (including phenoxy) is 2. The molecule has 0 saturated carbocycles. The van der Waals surface area contributed by atoms with Gasteiger partial charge in [-0.25, -0.2) is 0 Å². The highest BCUT2D eigenvalue weighted by Gasteiger charge is 2.30. The van der Waals surface area contributed by atoms with Crippen molar-refractivity contribution in [2.75, 3.05) is 72.5 Å². The Kier molecular flexibility index (Phi) is 11.3. The van der Waals surface area contributed by atoms with Gasteiger partial charge in [0.1, 0.15) is 12.3 Å². The second-order valence-corrected chi connectivity index (χ2v) is 11.8. The molecule has 1 fully saturated rings. The molecular weight excluding hydrogens is 603 g/mol. The Morgan fingerprint density at radius 3 is 2.20 bits per heavy atom. The Hall–Kier alpha value is -3.63. The molecule has 0 bridgehead atoms. The lowest BCUT2D eigenvalue weighted by molar-refractivity contribution is -0.132. The van der Waals surface area contributed by atoms with Gasteiger partial charge in [0.15, 0.2) is 6.61 Å². The van der Waals surface area contributed by atoms with Gasteiger partial charge in [-0.1, -0.05) is 53.5 Å². The fourth-order valence-electron chi connectivity index (χ4n) is 4.75. The van der Waals surface area contributed by atoms with Gasteiger partial charge in [0.25, 0.3) is 11.8 Å². The van der Waals surface area contributed by atoms with Gasteiger partial charge < -0.3 is 24.2 Å². The number of halogens is 2. The molecule has 5 rings (SSSR count). The monoisotopic (exact) mass is 640 g/mol. The first-order valence-electron chi connectivity index (χ1n) is 14.3. The number of anilines is 1. The first-order chi connectivity index (χ1) is 21.0. The van der Waals surface area contributed by atoms with Gasteiger partial charge in [-0.15, -0.1) is 0 Å². The van der Waals surface area contributed by atoms with Crippen molar-refractivity contribution >= 4 is 46.6 Å². The summed E-state index contributed by atoms with van der Waals surface area (Å²) in [6.07, 6.45) is 0. The summed E-state index contributed by atoms with van der Waals surface area (Å²) in [6, 6.07) is 18.2. The zero-order valence-electron chi connectivity index (χ0n) is 25.7. The third-order valence-corrected chi connectivity index (χ3v) is 8.41. The molecule has 0 aromatic heterocycles. The van der Waals surface area contributed by atoms with E-state index in [2.05, 4.69) is 11.9 Å². The van der Waals surface area contributed by atoms with E-state index >= 15 is 0 Å². The molecule has 0 spiro atoms. The van der Waals surface area contributed by atoms with Crippen molar-refractivity contribution in [1.82, 2.24) is 14.7 Å². The van der Waals surface area contributed by atoms with Crippen LogP contribution in [0, 0.1) is 0 Å². The van der Waals surface area contributed by atoms with Crippen LogP contribution in [0.4, 0.5) is 5.69 Å². The number of nitrogens with zero attached hydrogens (tertiary/aromatic N) is 4. The van der Waals surface area contributed by atoms with Gasteiger partial charge in [0, 0.05) is 45.9 Å². The van der Waals surface area contributed by atoms with Crippen molar-refractivity contribution in [3.8, 4) is 16.9 Å². The van der Waals surface area contributed by atoms with E-state index in [1.165, 1.54) is 15.9 Å². The van der Waals surface area contributed by atoms with Gasteiger partial charge in [0.2, 0.25) is 5.91 Å². The summed E-state index contributed by atoms with van der Waals surface area (Å²) in [4.78, 5) is 44.8. The molecule has 3 amide bonds. The lowest BCUT2D eigenvalue weighted by atomic mass is 9.98. The van der Waals surface area contributed by atoms with Crippen LogP contribution >= 0.6 is 23.2 Å². The van der Waals surface area contributed by atoms with E-state index in [0.29, 0.717) is 22.0 Å². The van der Waals surface area contributed by atoms with Crippen LogP contribution in [0.1, 0.15) is 28.9 Å². The van der Waals surface area contributed by atoms with Crippen molar-refractivity contribution in [2.24, 2.45) is 0 Å². The Balaban J connectivity index is 0.000000555. The number of likely N-dealkylation sites (N-methyl/N-ethyl adjacent to an activating group) is 2. The molecule has 2 aliphatic heterocycles. The molecule has 1 unspecified atom stereocenters. The number of benzene rings is 3. The second kappa shape index (κ2) is 14.9. The zero-order chi connectivity index (χ0) is 32.0. The number of amides is 3. The van der Waals surface area contributed by atoms with Crippen molar-refractivity contribution in [1.29, 1.82) is 0 Å². The number of fused-ring (bicyclic) bond motifs is 1. The molecule has 44 heavy (non-hydrogen) atoms. The maximum atomic E-state index is 13.2. The maximum absolute atomic E-state index is 13.2. The molecule has 11 heteroatoms. The predicted octanol–water partition coefficient (Wildman–Crippen LogP) is 5.26. The summed E-state index contributed by atoms with van der Waals surface area (Å²) in [5.74, 6) is -0.223. The molecule has 1 saturated heterocycles. The number of hydrogen-bond donors (Lipinski definition) is 0. The molecule has 1 atom stereocenters. The molecule has 3 aromatic rings. The van der Waals surface area contributed by atoms with E-state index in [1.54, 1.807) is 44.2 Å². The predicted molar refractivity (Wildman–Crippen MR) is 174 cm³/mol. The normalized spacial score (nSPS) is 15.3. The number of morpholine rings is 1. The molecule has 0 N–H and O–H groups in total. The Labute approximate surface area is 268 Å². The summed E-state index contributed by atoms with van der Waals surface area (Å²) in [6.45, 7) is 5.61. The fourth-order valence-corrected chi connectivity index (χ4v) is 5.06. The molecular formula is C33H38Cl2N4O5. The van der Waals surface area contributed by atoms with Gasteiger partial charge in [-0.05, 0) is 54.9 Å². The first kappa shape index (κ1) is 33.3. The highest BCUT2D eigenvalue weighted by atomic mass is 35.5. The molecule has 0 aliphatic carbocycles. The Bertz CT molecular complexity index is 1490. The summed E-state index contributed by atoms with van der Waals surface area (Å²) in [5, 5.41) is 0.583. The van der Waals surface area contributed by atoms with E-state index in [9.17, 15) is 14.4 Å². The highest BCUT2D eigenvalue weighted by Crippen LogP contribution is 2.39. The zero-order valence-corrected chi connectivity index (χ0v) is 27.2. The topological polar surface area (TPSA) is 82.6 Å². The Morgan fingerprint density at radius 2 is 1.59 bits per heavy atom. The van der Waals surface area contributed by atoms with Crippen LogP contribution in [0.15, 0.2) is 60.7 Å². The van der Waals surface area contributed by atoms with Crippen LogP contribution in [0.3, 0.4) is 0 Å². The van der Waals surface area contributed by atoms with Crippen LogP contribution in [-0.2, 0) is 14.3 Å². The third kappa shape index (κ3) is 8.09. The molecule has 3 aromatic carbocycles. The minimum Gasteiger partial charge on any atom is -0.482 e. The fraction of sp³-hybridized carbons (Fsp3) is 0.364. The molecule has 2 aliphatic rings. The van der Waals surface area contributed by atoms with Crippen molar-refractivity contribution in [2.45, 2.75) is 13.0 Å². The standard InChI is InChI=1S/C28H27Cl2N3O4.C5H11NO/c1-17(20-6-5-7-21(12-20)18-8-10-19(11-9-18)28(36)31(2)3)32(4)26(34)15-33-24-13-22(29)23(30)14-25(24)37-16-27(33)35;1-6-2-4-7-5-3-6/h5-14,17H,15-16H2,1-4H3;2-5H2,1H3. The first-order valence-corrected chi connectivity index (χ1v) is 15.1. The molecule has 2 heterocycles. The van der Waals surface area contributed by atoms with Crippen LogP contribution in [0.25, 0.3) is 11.1 Å². The van der Waals surface area contributed by atoms with Gasteiger partial charge in [-0.3, -0.25) is 19.3 Å². The van der Waals surface area contributed by atoms with Crippen LogP contribution in [-0.4, -0.2) is 100 Å². The molecule has 0 radical (unpaired) electrons. The van der Waals surface area contributed by atoms with Gasteiger partial charge in [-0.2, -0.15) is 0 Å². The van der Waals surface area contributed by atoms with E-state index in [1.807, 2.05) is 43.3 Å². The number of rotatable bonds is 6. The summed E-state index contributed by atoms with van der Waals surface area (Å²) in [5.41, 5.74) is 3.90. The van der Waals surface area contributed by atoms with Gasteiger partial charge >= 0.3 is 0 Å². The third-order valence-electron chi connectivity index (χ3n) is 7.69. The average molecular weight is 642 g/mol. The van der Waals surface area contributed by atoms with E-state index in [0.717, 1.165) is 43.0 Å². The summed E-state index contributed by atoms with van der Waals surface area (Å²) in [7, 11) is 7.26. The summed E-state index contributed by atoms with van der Waals surface area (Å²) >= 11 is 12.2. The van der Waals surface area contributed by atoms with Crippen molar-refractivity contribution in [3.63, 3.8) is 0 Å². The van der Waals surface area contributed by atoms with Crippen LogP contribution < -0.4 is 9.64 Å². The van der Waals surface area contributed by atoms with E-state index < -0.39 is 0 Å². The van der Waals surface area contributed by atoms with E-state index in [-0.39, 0.29) is 41.9 Å². The Morgan fingerprint density at radius 1 is 0.932 bits per heavy atom. The van der Waals surface area contributed by atoms with Gasteiger partial charge in [0.05, 0.1) is 35.0 Å². The minimum absolute atomic E-state index is 0.0548. The second-order valence-electron chi connectivity index (χ2n) is 11.0. The molecule has 234 valence electrons. The SMILES string of the molecule is CC(c1cccc(-c2ccc(C(=O)N(C)C)cc2)c1)N(C)C(=O)CN1C(=O)COc2cc(Cl)c(Cl)cc21.CN1CCOCC1. The lowest BCUT2D eigenvalue weighted by Gasteiger charge is -2.32. The number of hydrogen-bond acceptors (Lipinski definition) is 6. The average Bonchev–Trinajstić information content (AvgIpc) is 3.03. The summed E-state index contributed by atoms with van der Waals surface area (Å²) < 4.78 is 10.6. The highest BCUT2D eigenvalue weighted by molar-refractivity contribution is 6.42.